The van der Waals surface area contributed by atoms with Gasteiger partial charge in [-0.3, -0.25) is 20.3 Å². The zero-order chi connectivity index (χ0) is 29.3. The van der Waals surface area contributed by atoms with E-state index in [9.17, 15) is 24.3 Å². The van der Waals surface area contributed by atoms with E-state index in [2.05, 4.69) is 20.4 Å². The van der Waals surface area contributed by atoms with E-state index in [-0.39, 0.29) is 44.8 Å². The van der Waals surface area contributed by atoms with Gasteiger partial charge in [-0.2, -0.15) is 0 Å². The van der Waals surface area contributed by atoms with Crippen molar-refractivity contribution in [1.29, 1.82) is 0 Å². The van der Waals surface area contributed by atoms with Gasteiger partial charge >= 0.3 is 17.1 Å². The van der Waals surface area contributed by atoms with Gasteiger partial charge in [-0.15, -0.1) is 27.8 Å². The lowest BCUT2D eigenvalue weighted by molar-refractivity contribution is -0.667. The Labute approximate surface area is 237 Å². The summed E-state index contributed by atoms with van der Waals surface area (Å²) in [5.74, 6) is 2.32. The average molecular weight is 612 g/mol. The first kappa shape index (κ1) is 28.7. The molecule has 2 unspecified atom stereocenters. The van der Waals surface area contributed by atoms with Crippen molar-refractivity contribution in [1.82, 2.24) is 20.2 Å². The Kier molecular flexibility index (Phi) is 8.21. The van der Waals surface area contributed by atoms with Crippen LogP contribution < -0.4 is 33.0 Å². The number of aromatic nitrogens is 3. The van der Waals surface area contributed by atoms with E-state index in [0.717, 1.165) is 32.7 Å². The lowest BCUT2D eigenvalue weighted by Crippen LogP contribution is -2.71. The summed E-state index contributed by atoms with van der Waals surface area (Å²) in [6.45, 7) is 1.21. The molecule has 4 heterocycles. The second-order valence-electron chi connectivity index (χ2n) is 8.26. The van der Waals surface area contributed by atoms with Gasteiger partial charge in [0.1, 0.15) is 22.8 Å². The highest BCUT2D eigenvalue weighted by Crippen LogP contribution is 2.41. The van der Waals surface area contributed by atoms with Crippen LogP contribution in [0.2, 0.25) is 0 Å². The predicted molar refractivity (Wildman–Crippen MR) is 145 cm³/mol. The molecule has 0 bridgehead atoms. The second kappa shape index (κ2) is 11.4. The van der Waals surface area contributed by atoms with E-state index in [1.807, 2.05) is 0 Å². The first-order chi connectivity index (χ1) is 18.9. The predicted octanol–water partition coefficient (Wildman–Crippen LogP) is -1.99. The van der Waals surface area contributed by atoms with E-state index in [1.165, 1.54) is 30.1 Å². The number of carboxylic acids is 2. The zero-order valence-corrected chi connectivity index (χ0v) is 23.0. The summed E-state index contributed by atoms with van der Waals surface area (Å²) in [4.78, 5) is 63.5. The number of anilines is 3. The minimum Gasteiger partial charge on any atom is -0.478 e. The summed E-state index contributed by atoms with van der Waals surface area (Å²) in [6.07, 6.45) is -1.37. The van der Waals surface area contributed by atoms with Crippen LogP contribution in [0, 0.1) is 0 Å². The molecule has 1 saturated heterocycles. The maximum atomic E-state index is 13.1. The molecule has 2 aliphatic rings. The third-order valence-electron chi connectivity index (χ3n) is 5.55. The summed E-state index contributed by atoms with van der Waals surface area (Å²) in [5.41, 5.74) is 17.0. The summed E-state index contributed by atoms with van der Waals surface area (Å²) in [7, 11) is 0. The second-order valence-corrected chi connectivity index (χ2v) is 11.2. The molecule has 0 radical (unpaired) electrons. The molecular weight excluding hydrogens is 588 g/mol. The van der Waals surface area contributed by atoms with E-state index in [0.29, 0.717) is 5.57 Å². The number of aliphatic carboxylic acids is 2. The van der Waals surface area contributed by atoms with Gasteiger partial charge in [0.05, 0.1) is 6.07 Å². The van der Waals surface area contributed by atoms with Crippen molar-refractivity contribution in [2.45, 2.75) is 29.6 Å². The smallest absolute Gasteiger partial charge is 0.352 e. The van der Waals surface area contributed by atoms with Crippen LogP contribution in [-0.2, 0) is 24.0 Å². The molecule has 2 aliphatic heterocycles. The van der Waals surface area contributed by atoms with Crippen molar-refractivity contribution < 1.29 is 38.9 Å². The van der Waals surface area contributed by atoms with Crippen LogP contribution in [0.15, 0.2) is 33.0 Å². The number of thioether (sulfide) groups is 2. The van der Waals surface area contributed by atoms with Crippen LogP contribution in [0.5, 0.6) is 0 Å². The third kappa shape index (κ3) is 5.67. The molecular formula is C20H23N10O7S3+. The van der Waals surface area contributed by atoms with Crippen LogP contribution in [0.3, 0.4) is 0 Å². The fraction of sp³-hybridized carbons (Fsp3) is 0.300. The first-order valence-electron chi connectivity index (χ1n) is 11.1. The van der Waals surface area contributed by atoms with Gasteiger partial charge < -0.3 is 37.6 Å². The standard InChI is InChI=1S/C20H22N10O7S3/c1-6(17(33)34)37-28-11(8-5-39-19(23)25-8)14(31)27-12-15(32)29-13(18(35)36)7(3-38-16(12)29)4-40-20-26-9(21)2-10(22)30(20)24/h2,5-6,12,16H,3-4,24H2,1H3,(H8,21,22,23,25,27,31,33,34,35,36)/p+1/b28-11+/t6-,12?,16?/m0/s1. The van der Waals surface area contributed by atoms with Crippen molar-refractivity contribution in [3.8, 4) is 0 Å². The monoisotopic (exact) mass is 611 g/mol. The maximum absolute atomic E-state index is 13.1. The van der Waals surface area contributed by atoms with Crippen molar-refractivity contribution in [2.24, 2.45) is 5.16 Å². The molecule has 2 amide bonds. The minimum absolute atomic E-state index is 0.0101. The highest BCUT2D eigenvalue weighted by atomic mass is 32.2. The van der Waals surface area contributed by atoms with Crippen LogP contribution >= 0.6 is 34.9 Å². The fourth-order valence-corrected chi connectivity index (χ4v) is 6.54. The van der Waals surface area contributed by atoms with Crippen LogP contribution in [-0.4, -0.2) is 83.6 Å². The molecule has 20 heteroatoms. The number of nitrogens with zero attached hydrogens (tertiary/aromatic N) is 5. The molecule has 0 aliphatic carbocycles. The SMILES string of the molecule is C[C@H](O/N=C(/C(=O)NC1C(=O)N2C(C(=O)O)=C(CSc3nc(N)cc(N)[n+]3N)CSC12)c1csc(N)n1)C(=O)O. The molecule has 17 nitrogen and oxygen atoms in total. The molecule has 0 saturated carbocycles. The Bertz CT molecular complexity index is 1460. The van der Waals surface area contributed by atoms with Crippen molar-refractivity contribution in [3.05, 3.63) is 28.4 Å². The number of oxime groups is 1. The van der Waals surface area contributed by atoms with Crippen LogP contribution in [0.1, 0.15) is 12.6 Å². The highest BCUT2D eigenvalue weighted by Gasteiger charge is 2.54. The number of amides is 2. The molecule has 2 aromatic heterocycles. The summed E-state index contributed by atoms with van der Waals surface area (Å²) >= 11 is 3.35. The summed E-state index contributed by atoms with van der Waals surface area (Å²) in [5, 5.41) is 26.2. The Morgan fingerprint density at radius 1 is 1.32 bits per heavy atom. The molecule has 40 heavy (non-hydrogen) atoms. The number of carboxylic acid groups (broad SMARTS) is 2. The topological polar surface area (TPSA) is 279 Å². The zero-order valence-electron chi connectivity index (χ0n) is 20.5. The van der Waals surface area contributed by atoms with E-state index < -0.39 is 47.0 Å². The van der Waals surface area contributed by atoms with Gasteiger partial charge in [0.15, 0.2) is 10.8 Å². The van der Waals surface area contributed by atoms with Crippen molar-refractivity contribution in [2.75, 3.05) is 34.5 Å². The van der Waals surface area contributed by atoms with Gasteiger partial charge in [-0.1, -0.05) is 10.1 Å². The Hall–Kier alpha value is -4.30. The average Bonchev–Trinajstić information content (AvgIpc) is 3.33. The quantitative estimate of drug-likeness (QED) is 0.0291. The number of nitrogen functional groups attached to an aromatic ring is 4. The molecule has 2 aromatic rings. The third-order valence-corrected chi connectivity index (χ3v) is 8.60. The number of rotatable bonds is 10. The highest BCUT2D eigenvalue weighted by molar-refractivity contribution is 8.01. The normalized spacial score (nSPS) is 19.5. The molecule has 4 rings (SSSR count). The molecule has 3 atom stereocenters. The van der Waals surface area contributed by atoms with E-state index in [4.69, 9.17) is 33.0 Å². The number of nitrogens with two attached hydrogens (primary N) is 4. The Morgan fingerprint density at radius 3 is 2.67 bits per heavy atom. The number of hydrogen-bond donors (Lipinski definition) is 7. The lowest BCUT2D eigenvalue weighted by Gasteiger charge is -2.49. The summed E-state index contributed by atoms with van der Waals surface area (Å²) < 4.78 is 1.11. The number of hydrogen-bond acceptors (Lipinski definition) is 15. The fourth-order valence-electron chi connectivity index (χ4n) is 3.56. The van der Waals surface area contributed by atoms with E-state index >= 15 is 0 Å². The first-order valence-corrected chi connectivity index (χ1v) is 14.0. The number of β-lactam (4-membered cyclic amide) rings is 1. The van der Waals surface area contributed by atoms with Crippen molar-refractivity contribution in [3.63, 3.8) is 0 Å². The maximum Gasteiger partial charge on any atom is 0.352 e. The van der Waals surface area contributed by atoms with Gasteiger partial charge in [-0.25, -0.2) is 14.6 Å². The minimum atomic E-state index is -1.37. The van der Waals surface area contributed by atoms with Crippen LogP contribution in [0.4, 0.5) is 16.8 Å². The number of carbonyl (C=O) groups excluding carboxylic acids is 2. The molecule has 0 aromatic carbocycles. The number of thiazole rings is 1. The van der Waals surface area contributed by atoms with Gasteiger partial charge in [-0.05, 0) is 24.3 Å². The lowest BCUT2D eigenvalue weighted by atomic mass is 10.0. The van der Waals surface area contributed by atoms with Gasteiger partial charge in [0, 0.05) is 16.9 Å². The van der Waals surface area contributed by atoms with Crippen LogP contribution in [0.25, 0.3) is 0 Å². The van der Waals surface area contributed by atoms with E-state index in [1.54, 1.807) is 0 Å². The molecule has 11 N–H and O–H groups in total. The van der Waals surface area contributed by atoms with Crippen molar-refractivity contribution >= 4 is 81.1 Å². The number of nitrogens with one attached hydrogen (secondary N) is 1. The molecule has 0 spiro atoms. The number of fused-ring (bicyclic) bond motifs is 1. The molecule has 212 valence electrons. The Balaban J connectivity index is 1.52. The van der Waals surface area contributed by atoms with Gasteiger partial charge in [0.25, 0.3) is 11.8 Å². The summed E-state index contributed by atoms with van der Waals surface area (Å²) in [6, 6.07) is 0.277. The Morgan fingerprint density at radius 2 is 2.05 bits per heavy atom. The largest absolute Gasteiger partial charge is 0.478 e. The molecule has 1 fully saturated rings. The van der Waals surface area contributed by atoms with Gasteiger partial charge in [0.2, 0.25) is 17.7 Å². The number of carbonyl (C=O) groups is 4.